The molecule has 0 bridgehead atoms. The first-order chi connectivity index (χ1) is 12.7. The molecule has 7 nitrogen and oxygen atoms in total. The van der Waals surface area contributed by atoms with Gasteiger partial charge in [-0.2, -0.15) is 0 Å². The number of aromatic nitrogens is 3. The van der Waals surface area contributed by atoms with Gasteiger partial charge >= 0.3 is 0 Å². The smallest absolute Gasteiger partial charge is 0.242 e. The topological polar surface area (TPSA) is 78.3 Å². The summed E-state index contributed by atoms with van der Waals surface area (Å²) in [5.74, 6) is 1.35. The average molecular weight is 352 g/mol. The van der Waals surface area contributed by atoms with Gasteiger partial charge in [0.1, 0.15) is 30.3 Å². The molecule has 1 amide bonds. The highest BCUT2D eigenvalue weighted by atomic mass is 16.5. The molecule has 0 saturated heterocycles. The van der Waals surface area contributed by atoms with Gasteiger partial charge in [0.25, 0.3) is 0 Å². The number of nitrogens with zero attached hydrogens (tertiary/aromatic N) is 3. The molecule has 3 rings (SSSR count). The molecule has 0 aliphatic heterocycles. The van der Waals surface area contributed by atoms with Gasteiger partial charge in [0.05, 0.1) is 13.3 Å². The fraction of sp³-hybridized carbons (Fsp3) is 0.211. The van der Waals surface area contributed by atoms with Gasteiger partial charge in [0.15, 0.2) is 0 Å². The highest BCUT2D eigenvalue weighted by Gasteiger charge is 2.07. The Kier molecular flexibility index (Phi) is 5.82. The number of ether oxygens (including phenoxy) is 2. The van der Waals surface area contributed by atoms with Crippen LogP contribution in [-0.4, -0.2) is 28.0 Å². The number of amides is 1. The number of hydrogen-bond acceptors (Lipinski definition) is 5. The second-order valence-electron chi connectivity index (χ2n) is 5.63. The van der Waals surface area contributed by atoms with Crippen molar-refractivity contribution in [2.24, 2.45) is 0 Å². The SMILES string of the molecule is COc1ccc(OCc2cn(CC(=O)NCc3ccccc3)nn2)cc1. The maximum atomic E-state index is 12.0. The number of rotatable bonds is 8. The van der Waals surface area contributed by atoms with Gasteiger partial charge < -0.3 is 14.8 Å². The zero-order valence-electron chi connectivity index (χ0n) is 14.5. The average Bonchev–Trinajstić information content (AvgIpc) is 3.13. The predicted molar refractivity (Wildman–Crippen MR) is 95.6 cm³/mol. The lowest BCUT2D eigenvalue weighted by Crippen LogP contribution is -2.27. The molecule has 0 spiro atoms. The number of carbonyl (C=O) groups excluding carboxylic acids is 1. The van der Waals surface area contributed by atoms with Crippen molar-refractivity contribution in [1.29, 1.82) is 0 Å². The van der Waals surface area contributed by atoms with Gasteiger partial charge in [-0.1, -0.05) is 35.5 Å². The fourth-order valence-electron chi connectivity index (χ4n) is 2.31. The van der Waals surface area contributed by atoms with Crippen molar-refractivity contribution in [3.63, 3.8) is 0 Å². The Hall–Kier alpha value is -3.35. The van der Waals surface area contributed by atoms with E-state index in [0.717, 1.165) is 11.3 Å². The maximum Gasteiger partial charge on any atom is 0.242 e. The summed E-state index contributed by atoms with van der Waals surface area (Å²) in [4.78, 5) is 12.0. The van der Waals surface area contributed by atoms with Gasteiger partial charge in [-0.25, -0.2) is 4.68 Å². The molecular weight excluding hydrogens is 332 g/mol. The summed E-state index contributed by atoms with van der Waals surface area (Å²) in [6.45, 7) is 0.877. The minimum absolute atomic E-state index is 0.113. The van der Waals surface area contributed by atoms with E-state index in [-0.39, 0.29) is 19.1 Å². The molecule has 26 heavy (non-hydrogen) atoms. The number of benzene rings is 2. The Bertz CT molecular complexity index is 832. The van der Waals surface area contributed by atoms with Crippen LogP contribution in [0.3, 0.4) is 0 Å². The Morgan fingerprint density at radius 3 is 2.54 bits per heavy atom. The Labute approximate surface area is 151 Å². The quantitative estimate of drug-likeness (QED) is 0.672. The van der Waals surface area contributed by atoms with Crippen molar-refractivity contribution >= 4 is 5.91 Å². The molecule has 1 aromatic heterocycles. The molecule has 2 aromatic carbocycles. The zero-order valence-corrected chi connectivity index (χ0v) is 14.5. The first-order valence-electron chi connectivity index (χ1n) is 8.19. The van der Waals surface area contributed by atoms with Crippen LogP contribution < -0.4 is 14.8 Å². The lowest BCUT2D eigenvalue weighted by atomic mass is 10.2. The van der Waals surface area contributed by atoms with E-state index in [4.69, 9.17) is 9.47 Å². The summed E-state index contributed by atoms with van der Waals surface area (Å²) in [6, 6.07) is 17.0. The minimum atomic E-state index is -0.124. The van der Waals surface area contributed by atoms with Crippen LogP contribution in [0.2, 0.25) is 0 Å². The maximum absolute atomic E-state index is 12.0. The summed E-state index contributed by atoms with van der Waals surface area (Å²) in [5.41, 5.74) is 1.70. The first-order valence-corrected chi connectivity index (χ1v) is 8.19. The molecule has 1 heterocycles. The summed E-state index contributed by atoms with van der Waals surface area (Å²) in [5, 5.41) is 10.8. The van der Waals surface area contributed by atoms with E-state index < -0.39 is 0 Å². The van der Waals surface area contributed by atoms with Gasteiger partial charge in [0.2, 0.25) is 5.91 Å². The summed E-state index contributed by atoms with van der Waals surface area (Å²) >= 11 is 0. The molecular formula is C19H20N4O3. The van der Waals surface area contributed by atoms with Crippen LogP contribution in [0.5, 0.6) is 11.5 Å². The highest BCUT2D eigenvalue weighted by molar-refractivity contribution is 5.75. The molecule has 0 aliphatic carbocycles. The van der Waals surface area contributed by atoms with Gasteiger partial charge in [0, 0.05) is 6.54 Å². The third kappa shape index (κ3) is 5.07. The third-order valence-corrected chi connectivity index (χ3v) is 3.67. The van der Waals surface area contributed by atoms with Crippen LogP contribution >= 0.6 is 0 Å². The molecule has 0 atom stereocenters. The Morgan fingerprint density at radius 1 is 1.08 bits per heavy atom. The number of carbonyl (C=O) groups is 1. The van der Waals surface area contributed by atoms with E-state index in [1.54, 1.807) is 13.3 Å². The molecule has 0 radical (unpaired) electrons. The molecule has 3 aromatic rings. The second-order valence-corrected chi connectivity index (χ2v) is 5.63. The highest BCUT2D eigenvalue weighted by Crippen LogP contribution is 2.17. The molecule has 134 valence electrons. The minimum Gasteiger partial charge on any atom is -0.497 e. The Morgan fingerprint density at radius 2 is 1.81 bits per heavy atom. The Balaban J connectivity index is 1.45. The monoisotopic (exact) mass is 352 g/mol. The molecule has 0 fully saturated rings. The van der Waals surface area contributed by atoms with Crippen molar-refractivity contribution in [3.05, 3.63) is 72.1 Å². The lowest BCUT2D eigenvalue weighted by molar-refractivity contribution is -0.122. The van der Waals surface area contributed by atoms with Crippen molar-refractivity contribution in [3.8, 4) is 11.5 Å². The lowest BCUT2D eigenvalue weighted by Gasteiger charge is -2.05. The predicted octanol–water partition coefficient (Wildman–Crippen LogP) is 2.18. The molecule has 0 unspecified atom stereocenters. The van der Waals surface area contributed by atoms with Crippen LogP contribution in [-0.2, 0) is 24.5 Å². The third-order valence-electron chi connectivity index (χ3n) is 3.67. The van der Waals surface area contributed by atoms with Gasteiger partial charge in [-0.3, -0.25) is 4.79 Å². The zero-order chi connectivity index (χ0) is 18.2. The van der Waals surface area contributed by atoms with E-state index >= 15 is 0 Å². The first kappa shape index (κ1) is 17.5. The normalized spacial score (nSPS) is 10.3. The van der Waals surface area contributed by atoms with Crippen LogP contribution in [0.25, 0.3) is 0 Å². The summed E-state index contributed by atoms with van der Waals surface area (Å²) < 4.78 is 12.2. The van der Waals surface area contributed by atoms with E-state index in [9.17, 15) is 4.79 Å². The number of methoxy groups -OCH3 is 1. The number of nitrogens with one attached hydrogen (secondary N) is 1. The van der Waals surface area contributed by atoms with Gasteiger partial charge in [-0.15, -0.1) is 5.10 Å². The molecule has 1 N–H and O–H groups in total. The van der Waals surface area contributed by atoms with Gasteiger partial charge in [-0.05, 0) is 29.8 Å². The summed E-state index contributed by atoms with van der Waals surface area (Å²) in [7, 11) is 1.62. The largest absolute Gasteiger partial charge is 0.497 e. The van der Waals surface area contributed by atoms with E-state index in [1.807, 2.05) is 54.6 Å². The second kappa shape index (κ2) is 8.66. The van der Waals surface area contributed by atoms with E-state index in [0.29, 0.717) is 18.0 Å². The molecule has 0 saturated carbocycles. The molecule has 7 heteroatoms. The van der Waals surface area contributed by atoms with Crippen LogP contribution in [0.15, 0.2) is 60.8 Å². The number of hydrogen-bond donors (Lipinski definition) is 1. The summed E-state index contributed by atoms with van der Waals surface area (Å²) in [6.07, 6.45) is 1.70. The van der Waals surface area contributed by atoms with Crippen LogP contribution in [0, 0.1) is 0 Å². The van der Waals surface area contributed by atoms with Crippen LogP contribution in [0.4, 0.5) is 0 Å². The molecule has 0 aliphatic rings. The van der Waals surface area contributed by atoms with Crippen molar-refractivity contribution < 1.29 is 14.3 Å². The van der Waals surface area contributed by atoms with E-state index in [2.05, 4.69) is 15.6 Å². The van der Waals surface area contributed by atoms with Crippen LogP contribution in [0.1, 0.15) is 11.3 Å². The van der Waals surface area contributed by atoms with Crippen molar-refractivity contribution in [2.75, 3.05) is 7.11 Å². The van der Waals surface area contributed by atoms with Crippen molar-refractivity contribution in [2.45, 2.75) is 19.7 Å². The fourth-order valence-corrected chi connectivity index (χ4v) is 2.31. The van der Waals surface area contributed by atoms with Crippen molar-refractivity contribution in [1.82, 2.24) is 20.3 Å². The van der Waals surface area contributed by atoms with E-state index in [1.165, 1.54) is 4.68 Å². The standard InChI is InChI=1S/C19H20N4O3/c1-25-17-7-9-18(10-8-17)26-14-16-12-23(22-21-16)13-19(24)20-11-15-5-3-2-4-6-15/h2-10,12H,11,13-14H2,1H3,(H,20,24).